The van der Waals surface area contributed by atoms with Gasteiger partial charge < -0.3 is 10.6 Å². The van der Waals surface area contributed by atoms with Gasteiger partial charge in [-0.25, -0.2) is 14.6 Å². The van der Waals surface area contributed by atoms with Crippen LogP contribution in [-0.4, -0.2) is 43.6 Å². The van der Waals surface area contributed by atoms with Gasteiger partial charge in [0, 0.05) is 28.8 Å². The van der Waals surface area contributed by atoms with E-state index in [0.29, 0.717) is 34.6 Å². The van der Waals surface area contributed by atoms with E-state index < -0.39 is 0 Å². The number of nitrogens with one attached hydrogen (secondary N) is 2. The van der Waals surface area contributed by atoms with E-state index in [-0.39, 0.29) is 11.8 Å². The Morgan fingerprint density at radius 3 is 2.32 bits per heavy atom. The van der Waals surface area contributed by atoms with Gasteiger partial charge in [-0.2, -0.15) is 5.10 Å². The van der Waals surface area contributed by atoms with Crippen molar-refractivity contribution < 1.29 is 9.59 Å². The topological polar surface area (TPSA) is 102 Å². The van der Waals surface area contributed by atoms with Crippen LogP contribution in [0, 0.1) is 6.92 Å². The van der Waals surface area contributed by atoms with E-state index in [4.69, 9.17) is 0 Å². The summed E-state index contributed by atoms with van der Waals surface area (Å²) in [6, 6.07) is 13.7. The third-order valence-corrected chi connectivity index (χ3v) is 6.29. The van der Waals surface area contributed by atoms with E-state index in [2.05, 4.69) is 25.7 Å². The van der Waals surface area contributed by atoms with Crippen LogP contribution >= 0.6 is 0 Å². The molecule has 8 heteroatoms. The first-order chi connectivity index (χ1) is 16.6. The molecule has 8 nitrogen and oxygen atoms in total. The van der Waals surface area contributed by atoms with Gasteiger partial charge in [-0.05, 0) is 62.4 Å². The first kappa shape index (κ1) is 20.5. The number of fused-ring (bicyclic) bond motifs is 1. The van der Waals surface area contributed by atoms with Gasteiger partial charge in [0.1, 0.15) is 6.33 Å². The summed E-state index contributed by atoms with van der Waals surface area (Å²) in [6.45, 7) is 1.98. The highest BCUT2D eigenvalue weighted by atomic mass is 16.2. The van der Waals surface area contributed by atoms with E-state index in [1.807, 2.05) is 49.4 Å². The molecule has 170 valence electrons. The number of aromatic nitrogens is 4. The Morgan fingerprint density at radius 2 is 1.62 bits per heavy atom. The molecule has 0 bridgehead atoms. The monoisotopic (exact) mass is 452 g/mol. The Hall–Kier alpha value is -4.07. The molecule has 0 saturated heterocycles. The molecular formula is C26H24N6O2. The summed E-state index contributed by atoms with van der Waals surface area (Å²) >= 11 is 0. The Balaban J connectivity index is 1.38. The van der Waals surface area contributed by atoms with Crippen LogP contribution in [0.1, 0.15) is 52.0 Å². The zero-order valence-electron chi connectivity index (χ0n) is 18.8. The van der Waals surface area contributed by atoms with Crippen LogP contribution in [0.15, 0.2) is 55.0 Å². The van der Waals surface area contributed by atoms with Crippen LogP contribution < -0.4 is 10.6 Å². The van der Waals surface area contributed by atoms with E-state index >= 15 is 0 Å². The van der Waals surface area contributed by atoms with E-state index in [1.54, 1.807) is 10.9 Å². The molecule has 2 aliphatic rings. The molecule has 34 heavy (non-hydrogen) atoms. The molecule has 0 atom stereocenters. The predicted molar refractivity (Wildman–Crippen MR) is 128 cm³/mol. The van der Waals surface area contributed by atoms with Crippen molar-refractivity contribution in [1.29, 1.82) is 0 Å². The Morgan fingerprint density at radius 1 is 0.912 bits per heavy atom. The minimum Gasteiger partial charge on any atom is -0.349 e. The first-order valence-corrected chi connectivity index (χ1v) is 11.6. The lowest BCUT2D eigenvalue weighted by Gasteiger charge is -2.10. The second-order valence-electron chi connectivity index (χ2n) is 9.09. The highest BCUT2D eigenvalue weighted by Crippen LogP contribution is 2.29. The average Bonchev–Trinajstić information content (AvgIpc) is 3.79. The predicted octanol–water partition coefficient (Wildman–Crippen LogP) is 3.58. The molecule has 0 radical (unpaired) electrons. The maximum atomic E-state index is 12.6. The Labute approximate surface area is 196 Å². The fraction of sp³-hybridized carbons (Fsp3) is 0.269. The highest BCUT2D eigenvalue weighted by molar-refractivity contribution is 5.98. The van der Waals surface area contributed by atoms with Crippen molar-refractivity contribution in [3.63, 3.8) is 0 Å². The highest BCUT2D eigenvalue weighted by Gasteiger charge is 2.25. The quantitative estimate of drug-likeness (QED) is 0.466. The molecule has 2 N–H and O–H groups in total. The number of rotatable bonds is 6. The van der Waals surface area contributed by atoms with Gasteiger partial charge >= 0.3 is 0 Å². The lowest BCUT2D eigenvalue weighted by atomic mass is 10.1. The summed E-state index contributed by atoms with van der Waals surface area (Å²) in [6.07, 6.45) is 7.40. The van der Waals surface area contributed by atoms with Gasteiger partial charge in [-0.3, -0.25) is 9.59 Å². The SMILES string of the molecule is Cc1ccc(C(=O)NC2CC2)cc1-n1ncc2c(-c3cccc(C(=O)NC4CC4)c3)ncnc21. The van der Waals surface area contributed by atoms with Crippen molar-refractivity contribution in [3.8, 4) is 16.9 Å². The number of hydrogen-bond acceptors (Lipinski definition) is 5. The average molecular weight is 453 g/mol. The van der Waals surface area contributed by atoms with Crippen LogP contribution in [0.2, 0.25) is 0 Å². The van der Waals surface area contributed by atoms with Crippen LogP contribution in [0.3, 0.4) is 0 Å². The van der Waals surface area contributed by atoms with Crippen molar-refractivity contribution in [3.05, 3.63) is 71.7 Å². The normalized spacial score (nSPS) is 15.3. The van der Waals surface area contributed by atoms with E-state index in [1.165, 1.54) is 6.33 Å². The standard InChI is InChI=1S/C26H24N6O2/c1-15-5-6-18(26(34)31-20-9-10-20)12-22(15)32-24-21(13-29-32)23(27-14-28-24)16-3-2-4-17(11-16)25(33)30-19-7-8-19/h2-6,11-14,19-20H,7-10H2,1H3,(H,30,33)(H,31,34). The molecule has 2 aliphatic carbocycles. The molecule has 2 aromatic heterocycles. The van der Waals surface area contributed by atoms with Gasteiger partial charge in [-0.1, -0.05) is 18.2 Å². The third-order valence-electron chi connectivity index (χ3n) is 6.29. The van der Waals surface area contributed by atoms with E-state index in [9.17, 15) is 9.59 Å². The number of hydrogen-bond donors (Lipinski definition) is 2. The number of aryl methyl sites for hydroxylation is 1. The molecule has 0 aliphatic heterocycles. The van der Waals surface area contributed by atoms with E-state index in [0.717, 1.165) is 47.9 Å². The molecule has 4 aromatic rings. The molecule has 2 aromatic carbocycles. The van der Waals surface area contributed by atoms with Crippen molar-refractivity contribution in [1.82, 2.24) is 30.4 Å². The van der Waals surface area contributed by atoms with Crippen molar-refractivity contribution in [2.24, 2.45) is 0 Å². The first-order valence-electron chi connectivity index (χ1n) is 11.6. The summed E-state index contributed by atoms with van der Waals surface area (Å²) < 4.78 is 1.74. The zero-order valence-corrected chi connectivity index (χ0v) is 18.8. The molecule has 0 unspecified atom stereocenters. The van der Waals surface area contributed by atoms with Gasteiger partial charge in [0.05, 0.1) is 23.0 Å². The van der Waals surface area contributed by atoms with Gasteiger partial charge in [-0.15, -0.1) is 0 Å². The minimum atomic E-state index is -0.0724. The van der Waals surface area contributed by atoms with Crippen molar-refractivity contribution >= 4 is 22.8 Å². The number of carbonyl (C=O) groups is 2. The number of benzene rings is 2. The Kier molecular flexibility index (Phi) is 4.86. The fourth-order valence-corrected chi connectivity index (χ4v) is 4.03. The summed E-state index contributed by atoms with van der Waals surface area (Å²) in [4.78, 5) is 34.1. The van der Waals surface area contributed by atoms with Gasteiger partial charge in [0.25, 0.3) is 11.8 Å². The van der Waals surface area contributed by atoms with Gasteiger partial charge in [0.15, 0.2) is 5.65 Å². The maximum Gasteiger partial charge on any atom is 0.251 e. The molecule has 6 rings (SSSR count). The van der Waals surface area contributed by atoms with Crippen LogP contribution in [0.4, 0.5) is 0 Å². The zero-order chi connectivity index (χ0) is 23.2. The molecule has 2 fully saturated rings. The number of amides is 2. The third kappa shape index (κ3) is 3.91. The summed E-state index contributed by atoms with van der Waals surface area (Å²) in [7, 11) is 0. The van der Waals surface area contributed by atoms with Crippen molar-refractivity contribution in [2.45, 2.75) is 44.7 Å². The summed E-state index contributed by atoms with van der Waals surface area (Å²) in [5, 5.41) is 11.4. The van der Waals surface area contributed by atoms with Crippen LogP contribution in [0.5, 0.6) is 0 Å². The van der Waals surface area contributed by atoms with Crippen LogP contribution in [-0.2, 0) is 0 Å². The fourth-order valence-electron chi connectivity index (χ4n) is 4.03. The number of nitrogens with zero attached hydrogens (tertiary/aromatic N) is 4. The smallest absolute Gasteiger partial charge is 0.251 e. The van der Waals surface area contributed by atoms with Gasteiger partial charge in [0.2, 0.25) is 0 Å². The minimum absolute atomic E-state index is 0.0674. The maximum absolute atomic E-state index is 12.6. The lowest BCUT2D eigenvalue weighted by Crippen LogP contribution is -2.25. The molecule has 2 heterocycles. The van der Waals surface area contributed by atoms with Crippen LogP contribution in [0.25, 0.3) is 28.0 Å². The lowest BCUT2D eigenvalue weighted by molar-refractivity contribution is 0.0942. The largest absolute Gasteiger partial charge is 0.349 e. The summed E-state index contributed by atoms with van der Waals surface area (Å²) in [5.41, 5.74) is 5.14. The number of carbonyl (C=O) groups excluding carboxylic acids is 2. The summed E-state index contributed by atoms with van der Waals surface area (Å²) in [5.74, 6) is -0.140. The molecular weight excluding hydrogens is 428 g/mol. The van der Waals surface area contributed by atoms with Crippen molar-refractivity contribution in [2.75, 3.05) is 0 Å². The molecule has 2 saturated carbocycles. The molecule has 0 spiro atoms. The Bertz CT molecular complexity index is 1430. The second-order valence-corrected chi connectivity index (χ2v) is 9.09. The molecule has 2 amide bonds. The second kappa shape index (κ2) is 8.06.